The summed E-state index contributed by atoms with van der Waals surface area (Å²) in [7, 11) is -2.60. The Morgan fingerprint density at radius 3 is 2.61 bits per heavy atom. The number of fused-ring (bicyclic) bond motifs is 1. The van der Waals surface area contributed by atoms with Crippen LogP contribution in [0.1, 0.15) is 5.56 Å². The van der Waals surface area contributed by atoms with E-state index in [9.17, 15) is 17.6 Å². The van der Waals surface area contributed by atoms with Crippen molar-refractivity contribution in [3.8, 4) is 17.5 Å². The molecule has 0 saturated carbocycles. The van der Waals surface area contributed by atoms with Gasteiger partial charge in [-0.05, 0) is 54.6 Å². The van der Waals surface area contributed by atoms with Crippen LogP contribution < -0.4 is 5.32 Å². The minimum atomic E-state index is -3.90. The van der Waals surface area contributed by atoms with E-state index in [1.807, 2.05) is 6.07 Å². The van der Waals surface area contributed by atoms with E-state index in [1.54, 1.807) is 30.3 Å². The number of likely N-dealkylation sites (N-methyl/N-ethyl adjacent to an activating group) is 1. The Bertz CT molecular complexity index is 1490. The first-order valence-corrected chi connectivity index (χ1v) is 11.2. The van der Waals surface area contributed by atoms with E-state index in [-0.39, 0.29) is 10.7 Å². The number of halogens is 1. The quantitative estimate of drug-likeness (QED) is 0.454. The van der Waals surface area contributed by atoms with Crippen molar-refractivity contribution in [3.05, 3.63) is 78.1 Å². The van der Waals surface area contributed by atoms with E-state index in [2.05, 4.69) is 15.3 Å². The van der Waals surface area contributed by atoms with Gasteiger partial charge in [-0.2, -0.15) is 9.57 Å². The summed E-state index contributed by atoms with van der Waals surface area (Å²) in [6.07, 6.45) is 0. The molecule has 166 valence electrons. The minimum Gasteiger partial charge on any atom is -0.338 e. The summed E-state index contributed by atoms with van der Waals surface area (Å²) in [6.45, 7) is -0.405. The summed E-state index contributed by atoms with van der Waals surface area (Å²) in [5, 5.41) is 11.5. The Balaban J connectivity index is 1.47. The van der Waals surface area contributed by atoms with Crippen molar-refractivity contribution in [2.24, 2.45) is 0 Å². The summed E-state index contributed by atoms with van der Waals surface area (Å²) < 4.78 is 39.8. The summed E-state index contributed by atoms with van der Waals surface area (Å²) in [5.74, 6) is -0.416. The first-order chi connectivity index (χ1) is 15.8. The topological polar surface area (TPSA) is 119 Å². The molecule has 8 nitrogen and oxygen atoms in total. The fraction of sp³-hybridized carbons (Fsp3) is 0.0870. The Hall–Kier alpha value is -4.07. The molecule has 1 amide bonds. The second kappa shape index (κ2) is 8.82. The highest BCUT2D eigenvalue weighted by molar-refractivity contribution is 7.89. The molecule has 0 fully saturated rings. The van der Waals surface area contributed by atoms with Crippen LogP contribution in [0.3, 0.4) is 0 Å². The number of H-pyrrole nitrogens is 1. The van der Waals surface area contributed by atoms with Crippen LogP contribution in [0.4, 0.5) is 10.1 Å². The number of aromatic amines is 1. The Kier molecular flexibility index (Phi) is 5.91. The zero-order valence-electron chi connectivity index (χ0n) is 17.4. The molecule has 4 rings (SSSR count). The van der Waals surface area contributed by atoms with E-state index in [1.165, 1.54) is 43.4 Å². The van der Waals surface area contributed by atoms with Crippen molar-refractivity contribution in [1.82, 2.24) is 14.3 Å². The number of carbonyl (C=O) groups is 1. The maximum Gasteiger partial charge on any atom is 0.243 e. The molecule has 1 aromatic heterocycles. The highest BCUT2D eigenvalue weighted by Gasteiger charge is 2.23. The lowest BCUT2D eigenvalue weighted by Crippen LogP contribution is -2.34. The highest BCUT2D eigenvalue weighted by Crippen LogP contribution is 2.23. The van der Waals surface area contributed by atoms with Gasteiger partial charge in [0.05, 0.1) is 34.1 Å². The predicted octanol–water partition coefficient (Wildman–Crippen LogP) is 3.50. The first-order valence-electron chi connectivity index (χ1n) is 9.78. The number of anilines is 1. The fourth-order valence-electron chi connectivity index (χ4n) is 3.23. The normalized spacial score (nSPS) is 11.5. The van der Waals surface area contributed by atoms with Gasteiger partial charge in [-0.3, -0.25) is 4.79 Å². The molecular formula is C23H18FN5O3S. The third-order valence-electron chi connectivity index (χ3n) is 4.92. The molecule has 2 N–H and O–H groups in total. The number of nitrogens with zero attached hydrogens (tertiary/aromatic N) is 3. The van der Waals surface area contributed by atoms with Gasteiger partial charge in [0, 0.05) is 18.3 Å². The molecule has 0 bridgehead atoms. The van der Waals surface area contributed by atoms with Crippen LogP contribution in [0.2, 0.25) is 0 Å². The van der Waals surface area contributed by atoms with Gasteiger partial charge in [-0.15, -0.1) is 0 Å². The average molecular weight is 463 g/mol. The SMILES string of the molecule is CN(CC(=O)Nc1ccc2nc(-c3cccc(F)c3)[nH]c2c1)S(=O)(=O)c1ccc(C#N)cc1. The Morgan fingerprint density at radius 2 is 1.91 bits per heavy atom. The fourth-order valence-corrected chi connectivity index (χ4v) is 4.36. The second-order valence-electron chi connectivity index (χ2n) is 7.27. The molecule has 0 aliphatic rings. The molecule has 0 atom stereocenters. The third-order valence-corrected chi connectivity index (χ3v) is 6.74. The minimum absolute atomic E-state index is 0.0134. The molecule has 0 unspecified atom stereocenters. The van der Waals surface area contributed by atoms with Crippen molar-refractivity contribution >= 4 is 32.7 Å². The monoisotopic (exact) mass is 463 g/mol. The van der Waals surface area contributed by atoms with Crippen LogP contribution in [-0.2, 0) is 14.8 Å². The number of hydrogen-bond acceptors (Lipinski definition) is 5. The number of nitriles is 1. The molecule has 33 heavy (non-hydrogen) atoms. The number of hydrogen-bond donors (Lipinski definition) is 2. The molecule has 0 aliphatic heterocycles. The van der Waals surface area contributed by atoms with Crippen molar-refractivity contribution < 1.29 is 17.6 Å². The van der Waals surface area contributed by atoms with Crippen molar-refractivity contribution in [2.75, 3.05) is 18.9 Å². The number of rotatable bonds is 6. The van der Waals surface area contributed by atoms with E-state index in [0.717, 1.165) is 4.31 Å². The standard InChI is InChI=1S/C23H18FN5O3S/c1-29(33(31,32)19-8-5-15(13-25)6-9-19)14-22(30)26-18-7-10-20-21(12-18)28-23(27-20)16-3-2-4-17(24)11-16/h2-12H,14H2,1H3,(H,26,30)(H,27,28). The number of sulfonamides is 1. The van der Waals surface area contributed by atoms with Crippen LogP contribution in [0.25, 0.3) is 22.4 Å². The average Bonchev–Trinajstić information content (AvgIpc) is 3.22. The largest absolute Gasteiger partial charge is 0.338 e. The highest BCUT2D eigenvalue weighted by atomic mass is 32.2. The first kappa shape index (κ1) is 22.1. The summed E-state index contributed by atoms with van der Waals surface area (Å²) in [5.41, 5.74) is 2.64. The summed E-state index contributed by atoms with van der Waals surface area (Å²) in [4.78, 5) is 20.0. The molecule has 0 spiro atoms. The molecule has 3 aromatic carbocycles. The molecule has 1 heterocycles. The van der Waals surface area contributed by atoms with Gasteiger partial charge in [0.2, 0.25) is 15.9 Å². The maximum absolute atomic E-state index is 13.5. The zero-order chi connectivity index (χ0) is 23.6. The summed E-state index contributed by atoms with van der Waals surface area (Å²) in [6, 6.07) is 18.4. The molecular weight excluding hydrogens is 445 g/mol. The number of amides is 1. The van der Waals surface area contributed by atoms with Gasteiger partial charge >= 0.3 is 0 Å². The molecule has 0 radical (unpaired) electrons. The van der Waals surface area contributed by atoms with Crippen molar-refractivity contribution in [3.63, 3.8) is 0 Å². The van der Waals surface area contributed by atoms with Gasteiger partial charge in [0.25, 0.3) is 0 Å². The molecule has 10 heteroatoms. The predicted molar refractivity (Wildman–Crippen MR) is 121 cm³/mol. The van der Waals surface area contributed by atoms with Crippen LogP contribution in [-0.4, -0.2) is 42.2 Å². The van der Waals surface area contributed by atoms with Gasteiger partial charge < -0.3 is 10.3 Å². The van der Waals surface area contributed by atoms with Gasteiger partial charge in [-0.1, -0.05) is 12.1 Å². The van der Waals surface area contributed by atoms with Crippen LogP contribution in [0, 0.1) is 17.1 Å². The van der Waals surface area contributed by atoms with E-state index >= 15 is 0 Å². The Morgan fingerprint density at radius 1 is 1.15 bits per heavy atom. The zero-order valence-corrected chi connectivity index (χ0v) is 18.2. The third kappa shape index (κ3) is 4.74. The number of aromatic nitrogens is 2. The summed E-state index contributed by atoms with van der Waals surface area (Å²) >= 11 is 0. The number of imidazole rings is 1. The second-order valence-corrected chi connectivity index (χ2v) is 9.32. The van der Waals surface area contributed by atoms with Gasteiger partial charge in [0.1, 0.15) is 11.6 Å². The maximum atomic E-state index is 13.5. The van der Waals surface area contributed by atoms with E-state index in [0.29, 0.717) is 33.7 Å². The molecule has 4 aromatic rings. The number of carbonyl (C=O) groups excluding carboxylic acids is 1. The van der Waals surface area contributed by atoms with Crippen LogP contribution >= 0.6 is 0 Å². The van der Waals surface area contributed by atoms with E-state index < -0.39 is 22.5 Å². The van der Waals surface area contributed by atoms with Crippen molar-refractivity contribution in [2.45, 2.75) is 4.90 Å². The number of nitrogens with one attached hydrogen (secondary N) is 2. The van der Waals surface area contributed by atoms with Gasteiger partial charge in [0.15, 0.2) is 0 Å². The lowest BCUT2D eigenvalue weighted by Gasteiger charge is -2.17. The lowest BCUT2D eigenvalue weighted by atomic mass is 10.2. The van der Waals surface area contributed by atoms with Crippen LogP contribution in [0.15, 0.2) is 71.6 Å². The van der Waals surface area contributed by atoms with Gasteiger partial charge in [-0.25, -0.2) is 17.8 Å². The molecule has 0 saturated heterocycles. The van der Waals surface area contributed by atoms with Crippen LogP contribution in [0.5, 0.6) is 0 Å². The lowest BCUT2D eigenvalue weighted by molar-refractivity contribution is -0.116. The van der Waals surface area contributed by atoms with E-state index in [4.69, 9.17) is 5.26 Å². The molecule has 0 aliphatic carbocycles. The van der Waals surface area contributed by atoms with Crippen molar-refractivity contribution in [1.29, 1.82) is 5.26 Å². The Labute approximate surface area is 189 Å². The number of benzene rings is 3. The smallest absolute Gasteiger partial charge is 0.243 e.